The first-order valence-corrected chi connectivity index (χ1v) is 10.3. The number of aryl methyl sites for hydroxylation is 1. The van der Waals surface area contributed by atoms with E-state index in [1.807, 2.05) is 18.2 Å². The standard InChI is InChI=1S/C20H26ClN5O/c21-17-9-8-15(23-20(27)13-5-4-6-14(22)11-13)12-16(17)19-25-24-18-7-2-1-3-10-26(18)19/h8-9,12-14H,1-7,10-11,22H2,(H,23,27). The van der Waals surface area contributed by atoms with Crippen molar-refractivity contribution in [2.45, 2.75) is 64.0 Å². The molecule has 1 amide bonds. The molecule has 7 heteroatoms. The maximum atomic E-state index is 12.6. The van der Waals surface area contributed by atoms with Gasteiger partial charge in [-0.2, -0.15) is 0 Å². The molecule has 1 aliphatic carbocycles. The molecule has 1 aromatic carbocycles. The predicted molar refractivity (Wildman–Crippen MR) is 107 cm³/mol. The topological polar surface area (TPSA) is 85.8 Å². The van der Waals surface area contributed by atoms with Gasteiger partial charge in [0.15, 0.2) is 5.82 Å². The predicted octanol–water partition coefficient (Wildman–Crippen LogP) is 3.78. The molecular formula is C20H26ClN5O. The van der Waals surface area contributed by atoms with Gasteiger partial charge in [0.05, 0.1) is 5.02 Å². The van der Waals surface area contributed by atoms with E-state index in [1.54, 1.807) is 0 Å². The second kappa shape index (κ2) is 7.98. The van der Waals surface area contributed by atoms with E-state index >= 15 is 0 Å². The molecule has 1 fully saturated rings. The summed E-state index contributed by atoms with van der Waals surface area (Å²) in [6.07, 6.45) is 8.09. The van der Waals surface area contributed by atoms with Crippen LogP contribution in [0.15, 0.2) is 18.2 Å². The first-order chi connectivity index (χ1) is 13.1. The van der Waals surface area contributed by atoms with Crippen LogP contribution in [0.5, 0.6) is 0 Å². The van der Waals surface area contributed by atoms with E-state index in [4.69, 9.17) is 17.3 Å². The van der Waals surface area contributed by atoms with Crippen LogP contribution in [0, 0.1) is 5.92 Å². The number of benzene rings is 1. The molecule has 1 aromatic heterocycles. The van der Waals surface area contributed by atoms with Crippen molar-refractivity contribution < 1.29 is 4.79 Å². The molecule has 0 bridgehead atoms. The highest BCUT2D eigenvalue weighted by Gasteiger charge is 2.26. The summed E-state index contributed by atoms with van der Waals surface area (Å²) in [5.74, 6) is 1.83. The van der Waals surface area contributed by atoms with E-state index in [2.05, 4.69) is 20.1 Å². The average Bonchev–Trinajstić information content (AvgIpc) is 2.91. The van der Waals surface area contributed by atoms with Gasteiger partial charge in [0.2, 0.25) is 5.91 Å². The van der Waals surface area contributed by atoms with Crippen molar-refractivity contribution in [1.29, 1.82) is 0 Å². The highest BCUT2D eigenvalue weighted by molar-refractivity contribution is 6.33. The van der Waals surface area contributed by atoms with Crippen LogP contribution in [0.2, 0.25) is 5.02 Å². The maximum absolute atomic E-state index is 12.6. The number of amides is 1. The molecule has 2 aromatic rings. The summed E-state index contributed by atoms with van der Waals surface area (Å²) in [5.41, 5.74) is 7.58. The molecule has 3 N–H and O–H groups in total. The quantitative estimate of drug-likeness (QED) is 0.839. The number of carbonyl (C=O) groups is 1. The smallest absolute Gasteiger partial charge is 0.227 e. The number of hydrogen-bond donors (Lipinski definition) is 2. The Balaban J connectivity index is 1.57. The van der Waals surface area contributed by atoms with Crippen LogP contribution in [-0.2, 0) is 17.8 Å². The van der Waals surface area contributed by atoms with Gasteiger partial charge in [-0.15, -0.1) is 10.2 Å². The third-order valence-electron chi connectivity index (χ3n) is 5.67. The third kappa shape index (κ3) is 4.01. The number of nitrogens with one attached hydrogen (secondary N) is 1. The largest absolute Gasteiger partial charge is 0.328 e. The Morgan fingerprint density at radius 2 is 2.07 bits per heavy atom. The molecule has 2 aliphatic rings. The number of carbonyl (C=O) groups excluding carboxylic acids is 1. The van der Waals surface area contributed by atoms with E-state index < -0.39 is 0 Å². The zero-order chi connectivity index (χ0) is 18.8. The molecule has 2 heterocycles. The highest BCUT2D eigenvalue weighted by Crippen LogP contribution is 2.32. The molecule has 4 rings (SSSR count). The summed E-state index contributed by atoms with van der Waals surface area (Å²) in [6.45, 7) is 0.907. The van der Waals surface area contributed by atoms with Gasteiger partial charge >= 0.3 is 0 Å². The van der Waals surface area contributed by atoms with Crippen LogP contribution in [0.1, 0.15) is 50.8 Å². The molecular weight excluding hydrogens is 362 g/mol. The minimum Gasteiger partial charge on any atom is -0.328 e. The van der Waals surface area contributed by atoms with Crippen molar-refractivity contribution in [3.05, 3.63) is 29.0 Å². The molecule has 1 saturated carbocycles. The van der Waals surface area contributed by atoms with Crippen molar-refractivity contribution in [2.24, 2.45) is 11.7 Å². The van der Waals surface area contributed by atoms with Gasteiger partial charge in [0.25, 0.3) is 0 Å². The minimum atomic E-state index is -0.0164. The molecule has 27 heavy (non-hydrogen) atoms. The minimum absolute atomic E-state index is 0.0164. The molecule has 144 valence electrons. The third-order valence-corrected chi connectivity index (χ3v) is 6.00. The molecule has 0 spiro atoms. The van der Waals surface area contributed by atoms with Gasteiger partial charge < -0.3 is 15.6 Å². The van der Waals surface area contributed by atoms with Crippen molar-refractivity contribution in [3.63, 3.8) is 0 Å². The Labute approximate surface area is 164 Å². The Bertz CT molecular complexity index is 834. The van der Waals surface area contributed by atoms with Crippen molar-refractivity contribution in [3.8, 4) is 11.4 Å². The van der Waals surface area contributed by atoms with Crippen molar-refractivity contribution in [1.82, 2.24) is 14.8 Å². The van der Waals surface area contributed by atoms with Crippen molar-refractivity contribution >= 4 is 23.2 Å². The molecule has 6 nitrogen and oxygen atoms in total. The molecule has 0 saturated heterocycles. The van der Waals surface area contributed by atoms with Gasteiger partial charge in [-0.1, -0.05) is 24.4 Å². The number of rotatable bonds is 3. The lowest BCUT2D eigenvalue weighted by atomic mass is 9.85. The van der Waals surface area contributed by atoms with Gasteiger partial charge in [-0.3, -0.25) is 4.79 Å². The maximum Gasteiger partial charge on any atom is 0.227 e. The first kappa shape index (κ1) is 18.4. The summed E-state index contributed by atoms with van der Waals surface area (Å²) >= 11 is 6.46. The zero-order valence-corrected chi connectivity index (χ0v) is 16.2. The average molecular weight is 388 g/mol. The molecule has 0 radical (unpaired) electrons. The second-order valence-corrected chi connectivity index (χ2v) is 8.12. The number of fused-ring (bicyclic) bond motifs is 1. The lowest BCUT2D eigenvalue weighted by Crippen LogP contribution is -2.34. The van der Waals surface area contributed by atoms with E-state index in [0.717, 1.165) is 74.4 Å². The van der Waals surface area contributed by atoms with Crippen LogP contribution in [-0.4, -0.2) is 26.7 Å². The van der Waals surface area contributed by atoms with E-state index in [1.165, 1.54) is 6.42 Å². The second-order valence-electron chi connectivity index (χ2n) is 7.71. The summed E-state index contributed by atoms with van der Waals surface area (Å²) in [7, 11) is 0. The van der Waals surface area contributed by atoms with Crippen LogP contribution in [0.4, 0.5) is 5.69 Å². The summed E-state index contributed by atoms with van der Waals surface area (Å²) < 4.78 is 2.17. The number of anilines is 1. The van der Waals surface area contributed by atoms with Crippen molar-refractivity contribution in [2.75, 3.05) is 5.32 Å². The van der Waals surface area contributed by atoms with E-state index in [9.17, 15) is 4.79 Å². The monoisotopic (exact) mass is 387 g/mol. The van der Waals surface area contributed by atoms with Gasteiger partial charge in [0.1, 0.15) is 5.82 Å². The fourth-order valence-electron chi connectivity index (χ4n) is 4.17. The first-order valence-electron chi connectivity index (χ1n) is 9.90. The van der Waals surface area contributed by atoms with Crippen LogP contribution < -0.4 is 11.1 Å². The summed E-state index contributed by atoms with van der Waals surface area (Å²) in [6, 6.07) is 5.69. The fraction of sp³-hybridized carbons (Fsp3) is 0.550. The zero-order valence-electron chi connectivity index (χ0n) is 15.5. The summed E-state index contributed by atoms with van der Waals surface area (Å²) in [4.78, 5) is 12.6. The number of nitrogens with two attached hydrogens (primary N) is 1. The number of hydrogen-bond acceptors (Lipinski definition) is 4. The number of halogens is 1. The molecule has 1 aliphatic heterocycles. The summed E-state index contributed by atoms with van der Waals surface area (Å²) in [5, 5.41) is 12.4. The molecule has 2 atom stereocenters. The highest BCUT2D eigenvalue weighted by atomic mass is 35.5. The lowest BCUT2D eigenvalue weighted by Gasteiger charge is -2.25. The Morgan fingerprint density at radius 1 is 1.19 bits per heavy atom. The van der Waals surface area contributed by atoms with Crippen LogP contribution in [0.3, 0.4) is 0 Å². The Hall–Kier alpha value is -1.92. The normalized spacial score (nSPS) is 22.7. The van der Waals surface area contributed by atoms with E-state index in [0.29, 0.717) is 5.02 Å². The Morgan fingerprint density at radius 3 is 2.93 bits per heavy atom. The SMILES string of the molecule is NC1CCCC(C(=O)Nc2ccc(Cl)c(-c3nnc4n3CCCCC4)c2)C1. The fourth-order valence-corrected chi connectivity index (χ4v) is 4.37. The number of aromatic nitrogens is 3. The van der Waals surface area contributed by atoms with Crippen LogP contribution >= 0.6 is 11.6 Å². The Kier molecular flexibility index (Phi) is 5.45. The number of nitrogens with zero attached hydrogens (tertiary/aromatic N) is 3. The molecule has 2 unspecified atom stereocenters. The van der Waals surface area contributed by atoms with Crippen LogP contribution in [0.25, 0.3) is 11.4 Å². The van der Waals surface area contributed by atoms with Gasteiger partial charge in [-0.25, -0.2) is 0 Å². The lowest BCUT2D eigenvalue weighted by molar-refractivity contribution is -0.120. The van der Waals surface area contributed by atoms with Gasteiger partial charge in [-0.05, 0) is 50.3 Å². The van der Waals surface area contributed by atoms with E-state index in [-0.39, 0.29) is 17.9 Å². The van der Waals surface area contributed by atoms with Gasteiger partial charge in [0, 0.05) is 36.2 Å².